The predicted octanol–water partition coefficient (Wildman–Crippen LogP) is 4.04. The monoisotopic (exact) mass is 365 g/mol. The van der Waals surface area contributed by atoms with E-state index in [-0.39, 0.29) is 5.82 Å². The number of nitrogens with one attached hydrogen (secondary N) is 1. The summed E-state index contributed by atoms with van der Waals surface area (Å²) >= 11 is 3.03. The highest BCUT2D eigenvalue weighted by Crippen LogP contribution is 2.36. The van der Waals surface area contributed by atoms with E-state index in [0.717, 1.165) is 31.7 Å². The minimum Gasteiger partial charge on any atom is -0.369 e. The van der Waals surface area contributed by atoms with E-state index in [9.17, 15) is 13.2 Å². The fourth-order valence-electron chi connectivity index (χ4n) is 2.89. The van der Waals surface area contributed by atoms with Crippen LogP contribution in [-0.2, 0) is 6.18 Å². The van der Waals surface area contributed by atoms with Gasteiger partial charge in [0.25, 0.3) is 0 Å². The third-order valence-corrected chi connectivity index (χ3v) is 4.49. The summed E-state index contributed by atoms with van der Waals surface area (Å²) in [4.78, 5) is 3.87. The van der Waals surface area contributed by atoms with Crippen molar-refractivity contribution >= 4 is 21.7 Å². The normalized spacial score (nSPS) is 23.1. The largest absolute Gasteiger partial charge is 0.419 e. The van der Waals surface area contributed by atoms with Crippen LogP contribution >= 0.6 is 15.9 Å². The maximum Gasteiger partial charge on any atom is 0.419 e. The molecular weight excluding hydrogens is 347 g/mol. The van der Waals surface area contributed by atoms with Gasteiger partial charge in [-0.15, -0.1) is 0 Å². The standard InChI is InChI=1S/C14H19BrF3N3/c15-11-5-12(14(16,17)18)13(21-8-11)20-7-10-4-2-1-3-9(10)6-19/h5,8-10H,1-4,6-7,19H2,(H,20,21). The number of anilines is 1. The molecule has 1 aliphatic rings. The van der Waals surface area contributed by atoms with Crippen LogP contribution in [-0.4, -0.2) is 18.1 Å². The number of hydrogen-bond acceptors (Lipinski definition) is 3. The molecule has 1 aromatic rings. The first-order chi connectivity index (χ1) is 9.91. The number of pyridine rings is 1. The van der Waals surface area contributed by atoms with Crippen molar-refractivity contribution in [3.8, 4) is 0 Å². The fourth-order valence-corrected chi connectivity index (χ4v) is 3.22. The van der Waals surface area contributed by atoms with Gasteiger partial charge in [0.2, 0.25) is 0 Å². The Bertz CT molecular complexity index is 479. The topological polar surface area (TPSA) is 50.9 Å². The van der Waals surface area contributed by atoms with Gasteiger partial charge in [-0.3, -0.25) is 0 Å². The van der Waals surface area contributed by atoms with Crippen molar-refractivity contribution in [3.05, 3.63) is 22.3 Å². The third kappa shape index (κ3) is 4.32. The molecule has 0 saturated heterocycles. The second-order valence-electron chi connectivity index (χ2n) is 5.47. The molecule has 3 nitrogen and oxygen atoms in total. The van der Waals surface area contributed by atoms with Crippen LogP contribution in [0.2, 0.25) is 0 Å². The van der Waals surface area contributed by atoms with Gasteiger partial charge in [0.05, 0.1) is 5.56 Å². The molecule has 7 heteroatoms. The van der Waals surface area contributed by atoms with Crippen LogP contribution in [0.15, 0.2) is 16.7 Å². The lowest BCUT2D eigenvalue weighted by Gasteiger charge is -2.31. The zero-order valence-electron chi connectivity index (χ0n) is 11.6. The molecule has 0 spiro atoms. The van der Waals surface area contributed by atoms with E-state index in [0.29, 0.717) is 29.4 Å². The van der Waals surface area contributed by atoms with Crippen LogP contribution in [0, 0.1) is 11.8 Å². The SMILES string of the molecule is NCC1CCCCC1CNc1ncc(Br)cc1C(F)(F)F. The second-order valence-corrected chi connectivity index (χ2v) is 6.38. The van der Waals surface area contributed by atoms with E-state index in [2.05, 4.69) is 26.2 Å². The summed E-state index contributed by atoms with van der Waals surface area (Å²) in [5.74, 6) is 0.596. The van der Waals surface area contributed by atoms with Gasteiger partial charge in [-0.05, 0) is 53.2 Å². The van der Waals surface area contributed by atoms with E-state index in [1.807, 2.05) is 0 Å². The van der Waals surface area contributed by atoms with Gasteiger partial charge < -0.3 is 11.1 Å². The summed E-state index contributed by atoms with van der Waals surface area (Å²) < 4.78 is 39.4. The molecular formula is C14H19BrF3N3. The number of nitrogens with zero attached hydrogens (tertiary/aromatic N) is 1. The molecule has 21 heavy (non-hydrogen) atoms. The molecule has 2 atom stereocenters. The van der Waals surface area contributed by atoms with Crippen molar-refractivity contribution < 1.29 is 13.2 Å². The number of nitrogens with two attached hydrogens (primary N) is 1. The minimum atomic E-state index is -4.42. The Balaban J connectivity index is 2.09. The summed E-state index contributed by atoms with van der Waals surface area (Å²) in [6.45, 7) is 1.08. The van der Waals surface area contributed by atoms with Crippen molar-refractivity contribution in [2.75, 3.05) is 18.4 Å². The lowest BCUT2D eigenvalue weighted by molar-refractivity contribution is -0.137. The number of halogens is 4. The molecule has 1 saturated carbocycles. The molecule has 2 rings (SSSR count). The molecule has 1 fully saturated rings. The van der Waals surface area contributed by atoms with Gasteiger partial charge in [-0.1, -0.05) is 12.8 Å². The highest BCUT2D eigenvalue weighted by Gasteiger charge is 2.35. The lowest BCUT2D eigenvalue weighted by Crippen LogP contribution is -2.32. The highest BCUT2D eigenvalue weighted by atomic mass is 79.9. The number of hydrogen-bond donors (Lipinski definition) is 2. The van der Waals surface area contributed by atoms with Crippen molar-refractivity contribution in [2.24, 2.45) is 17.6 Å². The summed E-state index contributed by atoms with van der Waals surface area (Å²) in [6, 6.07) is 1.05. The van der Waals surface area contributed by atoms with Crippen molar-refractivity contribution in [1.29, 1.82) is 0 Å². The number of alkyl halides is 3. The molecule has 118 valence electrons. The van der Waals surface area contributed by atoms with Crippen molar-refractivity contribution in [2.45, 2.75) is 31.9 Å². The van der Waals surface area contributed by atoms with E-state index >= 15 is 0 Å². The summed E-state index contributed by atoms with van der Waals surface area (Å²) in [7, 11) is 0. The zero-order chi connectivity index (χ0) is 15.5. The van der Waals surface area contributed by atoms with Crippen LogP contribution < -0.4 is 11.1 Å². The fraction of sp³-hybridized carbons (Fsp3) is 0.643. The average Bonchev–Trinajstić information content (AvgIpc) is 2.45. The molecule has 0 bridgehead atoms. The number of aromatic nitrogens is 1. The third-order valence-electron chi connectivity index (χ3n) is 4.06. The molecule has 0 aliphatic heterocycles. The van der Waals surface area contributed by atoms with Gasteiger partial charge in [-0.2, -0.15) is 13.2 Å². The smallest absolute Gasteiger partial charge is 0.369 e. The predicted molar refractivity (Wildman–Crippen MR) is 79.9 cm³/mol. The molecule has 1 aromatic heterocycles. The Labute approximate surface area is 130 Å². The molecule has 0 radical (unpaired) electrons. The Morgan fingerprint density at radius 3 is 2.57 bits per heavy atom. The Morgan fingerprint density at radius 1 is 1.29 bits per heavy atom. The summed E-state index contributed by atoms with van der Waals surface area (Å²) in [6.07, 6.45) is 1.29. The maximum absolute atomic E-state index is 13.0. The van der Waals surface area contributed by atoms with Crippen LogP contribution in [0.4, 0.5) is 19.0 Å². The van der Waals surface area contributed by atoms with Crippen molar-refractivity contribution in [1.82, 2.24) is 4.98 Å². The van der Waals surface area contributed by atoms with Gasteiger partial charge in [0, 0.05) is 17.2 Å². The van der Waals surface area contributed by atoms with Gasteiger partial charge in [0.15, 0.2) is 0 Å². The van der Waals surface area contributed by atoms with E-state index in [1.165, 1.54) is 6.20 Å². The van der Waals surface area contributed by atoms with Gasteiger partial charge in [0.1, 0.15) is 5.82 Å². The van der Waals surface area contributed by atoms with E-state index in [4.69, 9.17) is 5.73 Å². The van der Waals surface area contributed by atoms with Crippen LogP contribution in [0.5, 0.6) is 0 Å². The summed E-state index contributed by atoms with van der Waals surface area (Å²) in [5, 5.41) is 2.87. The minimum absolute atomic E-state index is 0.105. The Hall–Kier alpha value is -0.820. The molecule has 0 aromatic carbocycles. The Morgan fingerprint density at radius 2 is 1.95 bits per heavy atom. The van der Waals surface area contributed by atoms with E-state index < -0.39 is 11.7 Å². The van der Waals surface area contributed by atoms with Crippen LogP contribution in [0.3, 0.4) is 0 Å². The van der Waals surface area contributed by atoms with Crippen molar-refractivity contribution in [3.63, 3.8) is 0 Å². The molecule has 2 unspecified atom stereocenters. The van der Waals surface area contributed by atoms with Crippen LogP contribution in [0.25, 0.3) is 0 Å². The lowest BCUT2D eigenvalue weighted by atomic mass is 9.79. The van der Waals surface area contributed by atoms with Gasteiger partial charge >= 0.3 is 6.18 Å². The van der Waals surface area contributed by atoms with E-state index in [1.54, 1.807) is 0 Å². The molecule has 0 amide bonds. The first-order valence-corrected chi connectivity index (χ1v) is 7.87. The van der Waals surface area contributed by atoms with Crippen LogP contribution in [0.1, 0.15) is 31.2 Å². The first kappa shape index (κ1) is 16.5. The first-order valence-electron chi connectivity index (χ1n) is 7.08. The maximum atomic E-state index is 13.0. The summed E-state index contributed by atoms with van der Waals surface area (Å²) in [5.41, 5.74) is 5.01. The zero-order valence-corrected chi connectivity index (χ0v) is 13.2. The molecule has 3 N–H and O–H groups in total. The quantitative estimate of drug-likeness (QED) is 0.846. The molecule has 1 heterocycles. The number of rotatable bonds is 4. The highest BCUT2D eigenvalue weighted by molar-refractivity contribution is 9.10. The average molecular weight is 366 g/mol. The second kappa shape index (κ2) is 6.96. The molecule has 1 aliphatic carbocycles. The Kier molecular flexibility index (Phi) is 5.48. The van der Waals surface area contributed by atoms with Gasteiger partial charge in [-0.25, -0.2) is 4.98 Å².